The lowest BCUT2D eigenvalue weighted by Crippen LogP contribution is -2.14. The SMILES string of the molecule is COc1ccc(N)cc1-c1nccc(C(C)(C)C)n1. The van der Waals surface area contributed by atoms with Gasteiger partial charge in [-0.1, -0.05) is 20.8 Å². The van der Waals surface area contributed by atoms with Crippen molar-refractivity contribution in [1.29, 1.82) is 0 Å². The van der Waals surface area contributed by atoms with E-state index in [0.717, 1.165) is 17.0 Å². The number of nitrogen functional groups attached to an aromatic ring is 1. The average molecular weight is 257 g/mol. The maximum atomic E-state index is 5.83. The largest absolute Gasteiger partial charge is 0.496 e. The maximum absolute atomic E-state index is 5.83. The number of hydrogen-bond donors (Lipinski definition) is 1. The molecule has 0 saturated carbocycles. The monoisotopic (exact) mass is 257 g/mol. The number of rotatable bonds is 2. The van der Waals surface area contributed by atoms with Gasteiger partial charge in [-0.3, -0.25) is 0 Å². The highest BCUT2D eigenvalue weighted by atomic mass is 16.5. The second kappa shape index (κ2) is 4.88. The minimum Gasteiger partial charge on any atom is -0.496 e. The first-order valence-electron chi connectivity index (χ1n) is 6.19. The number of aromatic nitrogens is 2. The van der Waals surface area contributed by atoms with Crippen molar-refractivity contribution in [2.45, 2.75) is 26.2 Å². The van der Waals surface area contributed by atoms with Crippen molar-refractivity contribution in [2.24, 2.45) is 0 Å². The van der Waals surface area contributed by atoms with Crippen molar-refractivity contribution in [2.75, 3.05) is 12.8 Å². The van der Waals surface area contributed by atoms with E-state index in [1.165, 1.54) is 0 Å². The summed E-state index contributed by atoms with van der Waals surface area (Å²) in [5, 5.41) is 0. The van der Waals surface area contributed by atoms with Gasteiger partial charge in [0.15, 0.2) is 5.82 Å². The molecule has 19 heavy (non-hydrogen) atoms. The van der Waals surface area contributed by atoms with Crippen LogP contribution < -0.4 is 10.5 Å². The molecule has 0 aliphatic heterocycles. The molecule has 2 N–H and O–H groups in total. The molecule has 1 heterocycles. The van der Waals surface area contributed by atoms with E-state index in [2.05, 4.69) is 30.7 Å². The van der Waals surface area contributed by atoms with Gasteiger partial charge in [-0.25, -0.2) is 9.97 Å². The van der Waals surface area contributed by atoms with E-state index in [1.54, 1.807) is 19.4 Å². The molecule has 0 aliphatic rings. The highest BCUT2D eigenvalue weighted by molar-refractivity contribution is 5.68. The minimum atomic E-state index is -0.0226. The summed E-state index contributed by atoms with van der Waals surface area (Å²) < 4.78 is 5.34. The van der Waals surface area contributed by atoms with Crippen molar-refractivity contribution >= 4 is 5.69 Å². The molecule has 4 heteroatoms. The molecule has 0 aliphatic carbocycles. The van der Waals surface area contributed by atoms with Crippen LogP contribution in [0.15, 0.2) is 30.5 Å². The number of nitrogens with zero attached hydrogens (tertiary/aromatic N) is 2. The molecular formula is C15H19N3O. The van der Waals surface area contributed by atoms with E-state index in [4.69, 9.17) is 10.5 Å². The maximum Gasteiger partial charge on any atom is 0.163 e. The third kappa shape index (κ3) is 2.84. The van der Waals surface area contributed by atoms with Crippen LogP contribution in [0.4, 0.5) is 5.69 Å². The zero-order valence-corrected chi connectivity index (χ0v) is 11.8. The van der Waals surface area contributed by atoms with Crippen molar-refractivity contribution < 1.29 is 4.74 Å². The van der Waals surface area contributed by atoms with Crippen LogP contribution in [-0.4, -0.2) is 17.1 Å². The summed E-state index contributed by atoms with van der Waals surface area (Å²) in [6.45, 7) is 6.36. The van der Waals surface area contributed by atoms with Crippen LogP contribution in [0.3, 0.4) is 0 Å². The first-order valence-corrected chi connectivity index (χ1v) is 6.19. The predicted octanol–water partition coefficient (Wildman–Crippen LogP) is 3.03. The topological polar surface area (TPSA) is 61.0 Å². The third-order valence-electron chi connectivity index (χ3n) is 2.89. The van der Waals surface area contributed by atoms with Crippen LogP contribution in [0, 0.1) is 0 Å². The number of ether oxygens (including phenoxy) is 1. The quantitative estimate of drug-likeness (QED) is 0.840. The number of anilines is 1. The molecular weight excluding hydrogens is 238 g/mol. The molecule has 0 amide bonds. The van der Waals surface area contributed by atoms with E-state index >= 15 is 0 Å². The molecule has 1 aromatic heterocycles. The normalized spacial score (nSPS) is 11.4. The summed E-state index contributed by atoms with van der Waals surface area (Å²) in [6, 6.07) is 7.40. The molecule has 0 fully saturated rings. The Morgan fingerprint density at radius 2 is 1.89 bits per heavy atom. The molecule has 0 unspecified atom stereocenters. The van der Waals surface area contributed by atoms with Crippen LogP contribution in [-0.2, 0) is 5.41 Å². The Morgan fingerprint density at radius 1 is 1.16 bits per heavy atom. The number of benzene rings is 1. The Bertz CT molecular complexity index is 588. The van der Waals surface area contributed by atoms with Crippen LogP contribution >= 0.6 is 0 Å². The summed E-state index contributed by atoms with van der Waals surface area (Å²) in [5.41, 5.74) is 8.28. The number of nitrogens with two attached hydrogens (primary N) is 1. The first-order chi connectivity index (χ1) is 8.91. The van der Waals surface area contributed by atoms with E-state index in [0.29, 0.717) is 11.5 Å². The van der Waals surface area contributed by atoms with Gasteiger partial charge < -0.3 is 10.5 Å². The molecule has 2 aromatic rings. The van der Waals surface area contributed by atoms with E-state index < -0.39 is 0 Å². The van der Waals surface area contributed by atoms with Crippen molar-refractivity contribution in [3.05, 3.63) is 36.2 Å². The highest BCUT2D eigenvalue weighted by Crippen LogP contribution is 2.30. The van der Waals surface area contributed by atoms with Gasteiger partial charge in [-0.05, 0) is 24.3 Å². The summed E-state index contributed by atoms with van der Waals surface area (Å²) in [5.74, 6) is 1.36. The third-order valence-corrected chi connectivity index (χ3v) is 2.89. The van der Waals surface area contributed by atoms with Gasteiger partial charge in [0, 0.05) is 23.0 Å². The van der Waals surface area contributed by atoms with Gasteiger partial charge in [-0.15, -0.1) is 0 Å². The molecule has 0 spiro atoms. The molecule has 1 aromatic carbocycles. The summed E-state index contributed by atoms with van der Waals surface area (Å²) in [7, 11) is 1.63. The van der Waals surface area contributed by atoms with Gasteiger partial charge in [-0.2, -0.15) is 0 Å². The molecule has 0 saturated heterocycles. The van der Waals surface area contributed by atoms with Crippen LogP contribution in [0.5, 0.6) is 5.75 Å². The lowest BCUT2D eigenvalue weighted by Gasteiger charge is -2.18. The Morgan fingerprint density at radius 3 is 2.53 bits per heavy atom. The zero-order chi connectivity index (χ0) is 14.0. The fraction of sp³-hybridized carbons (Fsp3) is 0.333. The average Bonchev–Trinajstić information content (AvgIpc) is 2.38. The Balaban J connectivity index is 2.56. The standard InChI is InChI=1S/C15H19N3O/c1-15(2,3)13-7-8-17-14(18-13)11-9-10(16)5-6-12(11)19-4/h5-9H,16H2,1-4H3. The zero-order valence-electron chi connectivity index (χ0n) is 11.8. The highest BCUT2D eigenvalue weighted by Gasteiger charge is 2.17. The molecule has 4 nitrogen and oxygen atoms in total. The van der Waals surface area contributed by atoms with Gasteiger partial charge in [0.1, 0.15) is 5.75 Å². The van der Waals surface area contributed by atoms with Gasteiger partial charge in [0.25, 0.3) is 0 Å². The van der Waals surface area contributed by atoms with E-state index in [1.807, 2.05) is 18.2 Å². The van der Waals surface area contributed by atoms with Gasteiger partial charge >= 0.3 is 0 Å². The van der Waals surface area contributed by atoms with E-state index in [9.17, 15) is 0 Å². The van der Waals surface area contributed by atoms with Crippen molar-refractivity contribution in [1.82, 2.24) is 9.97 Å². The minimum absolute atomic E-state index is 0.0226. The number of methoxy groups -OCH3 is 1. The Labute approximate surface area is 113 Å². The number of hydrogen-bond acceptors (Lipinski definition) is 4. The predicted molar refractivity (Wildman–Crippen MR) is 77.1 cm³/mol. The second-order valence-corrected chi connectivity index (χ2v) is 5.48. The second-order valence-electron chi connectivity index (χ2n) is 5.48. The molecule has 100 valence electrons. The molecule has 2 rings (SSSR count). The van der Waals surface area contributed by atoms with Gasteiger partial charge in [0.2, 0.25) is 0 Å². The Kier molecular flexibility index (Phi) is 3.42. The van der Waals surface area contributed by atoms with Crippen LogP contribution in [0.1, 0.15) is 26.5 Å². The Hall–Kier alpha value is -2.10. The van der Waals surface area contributed by atoms with Crippen LogP contribution in [0.25, 0.3) is 11.4 Å². The fourth-order valence-corrected chi connectivity index (χ4v) is 1.81. The summed E-state index contributed by atoms with van der Waals surface area (Å²) >= 11 is 0. The van der Waals surface area contributed by atoms with Crippen molar-refractivity contribution in [3.8, 4) is 17.1 Å². The molecule has 0 atom stereocenters. The van der Waals surface area contributed by atoms with Gasteiger partial charge in [0.05, 0.1) is 12.7 Å². The van der Waals surface area contributed by atoms with Crippen LogP contribution in [0.2, 0.25) is 0 Å². The smallest absolute Gasteiger partial charge is 0.163 e. The fourth-order valence-electron chi connectivity index (χ4n) is 1.81. The summed E-state index contributed by atoms with van der Waals surface area (Å²) in [6.07, 6.45) is 1.77. The lowest BCUT2D eigenvalue weighted by molar-refractivity contribution is 0.416. The first kappa shape index (κ1) is 13.3. The summed E-state index contributed by atoms with van der Waals surface area (Å²) in [4.78, 5) is 8.94. The van der Waals surface area contributed by atoms with E-state index in [-0.39, 0.29) is 5.41 Å². The van der Waals surface area contributed by atoms with Crippen molar-refractivity contribution in [3.63, 3.8) is 0 Å². The molecule has 0 radical (unpaired) electrons. The molecule has 0 bridgehead atoms. The lowest BCUT2D eigenvalue weighted by atomic mass is 9.92.